The highest BCUT2D eigenvalue weighted by Crippen LogP contribution is 2.37. The summed E-state index contributed by atoms with van der Waals surface area (Å²) in [6.45, 7) is 2.14. The van der Waals surface area contributed by atoms with Crippen LogP contribution < -0.4 is 9.47 Å². The largest absolute Gasteiger partial charge is 0.493 e. The van der Waals surface area contributed by atoms with Gasteiger partial charge in [0.1, 0.15) is 17.0 Å². The molecule has 2 aromatic rings. The van der Waals surface area contributed by atoms with Crippen LogP contribution in [0.1, 0.15) is 29.5 Å². The maximum absolute atomic E-state index is 13.2. The Bertz CT molecular complexity index is 1310. The highest BCUT2D eigenvalue weighted by molar-refractivity contribution is 8.26. The van der Waals surface area contributed by atoms with Crippen molar-refractivity contribution < 1.29 is 33.8 Å². The molecule has 0 aromatic heterocycles. The Labute approximate surface area is 223 Å². The van der Waals surface area contributed by atoms with Crippen LogP contribution in [0.15, 0.2) is 47.4 Å². The van der Waals surface area contributed by atoms with Gasteiger partial charge in [0.15, 0.2) is 11.5 Å². The molecular formula is C26H24N2O7S2. The summed E-state index contributed by atoms with van der Waals surface area (Å²) in [4.78, 5) is 51.4. The molecule has 2 fully saturated rings. The van der Waals surface area contributed by atoms with Crippen molar-refractivity contribution in [1.29, 1.82) is 0 Å². The minimum atomic E-state index is -1.13. The topological polar surface area (TPSA) is 113 Å². The molecule has 0 aliphatic carbocycles. The van der Waals surface area contributed by atoms with Crippen molar-refractivity contribution in [3.8, 4) is 11.5 Å². The van der Waals surface area contributed by atoms with Gasteiger partial charge in [0.05, 0.1) is 24.9 Å². The fourth-order valence-corrected chi connectivity index (χ4v) is 5.31. The zero-order valence-electron chi connectivity index (χ0n) is 20.1. The Hall–Kier alpha value is -3.70. The number of rotatable bonds is 9. The van der Waals surface area contributed by atoms with Gasteiger partial charge in [0.2, 0.25) is 5.91 Å². The number of hydrogen-bond donors (Lipinski definition) is 1. The second kappa shape index (κ2) is 11.1. The number of hydrogen-bond acceptors (Lipinski definition) is 8. The summed E-state index contributed by atoms with van der Waals surface area (Å²) in [6, 6.07) is 12.2. The Balaban J connectivity index is 1.48. The van der Waals surface area contributed by atoms with E-state index < -0.39 is 29.7 Å². The third-order valence-corrected chi connectivity index (χ3v) is 7.24. The lowest BCUT2D eigenvalue weighted by Crippen LogP contribution is -2.44. The van der Waals surface area contributed by atoms with Crippen molar-refractivity contribution in [2.75, 3.05) is 13.7 Å². The average molecular weight is 541 g/mol. The lowest BCUT2D eigenvalue weighted by Gasteiger charge is -2.21. The number of methoxy groups -OCH3 is 1. The number of carboxylic acid groups (broad SMARTS) is 1. The summed E-state index contributed by atoms with van der Waals surface area (Å²) in [5.74, 6) is -1.73. The number of thiocarbonyl (C=S) groups is 1. The van der Waals surface area contributed by atoms with Crippen LogP contribution in [0, 0.1) is 6.92 Å². The van der Waals surface area contributed by atoms with E-state index in [4.69, 9.17) is 26.8 Å². The van der Waals surface area contributed by atoms with E-state index in [2.05, 4.69) is 0 Å². The van der Waals surface area contributed by atoms with Gasteiger partial charge < -0.3 is 14.6 Å². The number of nitrogens with zero attached hydrogens (tertiary/aromatic N) is 2. The van der Waals surface area contributed by atoms with Crippen LogP contribution in [0.5, 0.6) is 11.5 Å². The maximum atomic E-state index is 13.2. The van der Waals surface area contributed by atoms with Crippen molar-refractivity contribution in [1.82, 2.24) is 9.80 Å². The minimum absolute atomic E-state index is 0.160. The molecule has 0 saturated carbocycles. The number of carbonyl (C=O) groups excluding carboxylic acids is 3. The van der Waals surface area contributed by atoms with E-state index in [0.29, 0.717) is 28.6 Å². The summed E-state index contributed by atoms with van der Waals surface area (Å²) in [5.41, 5.74) is 2.84. The van der Waals surface area contributed by atoms with Gasteiger partial charge in [-0.1, -0.05) is 59.9 Å². The van der Waals surface area contributed by atoms with Gasteiger partial charge >= 0.3 is 5.97 Å². The molecule has 1 N–H and O–H groups in total. The molecule has 192 valence electrons. The van der Waals surface area contributed by atoms with Crippen LogP contribution in [-0.4, -0.2) is 62.6 Å². The fourth-order valence-electron chi connectivity index (χ4n) is 3.95. The monoisotopic (exact) mass is 540 g/mol. The smallest absolute Gasteiger partial charge is 0.305 e. The average Bonchev–Trinajstić information content (AvgIpc) is 3.30. The molecule has 2 heterocycles. The Morgan fingerprint density at radius 3 is 2.57 bits per heavy atom. The first-order valence-corrected chi connectivity index (χ1v) is 12.6. The second-order valence-corrected chi connectivity index (χ2v) is 10.2. The van der Waals surface area contributed by atoms with Gasteiger partial charge in [-0.2, -0.15) is 0 Å². The zero-order valence-corrected chi connectivity index (χ0v) is 21.8. The van der Waals surface area contributed by atoms with Gasteiger partial charge in [-0.25, -0.2) is 0 Å². The number of amides is 3. The maximum Gasteiger partial charge on any atom is 0.305 e. The normalized spacial score (nSPS) is 18.8. The Kier molecular flexibility index (Phi) is 7.94. The van der Waals surface area contributed by atoms with Crippen molar-refractivity contribution in [3.63, 3.8) is 0 Å². The molecule has 0 bridgehead atoms. The van der Waals surface area contributed by atoms with Crippen LogP contribution in [0.4, 0.5) is 0 Å². The van der Waals surface area contributed by atoms with E-state index >= 15 is 0 Å². The van der Waals surface area contributed by atoms with Crippen LogP contribution in [0.2, 0.25) is 0 Å². The summed E-state index contributed by atoms with van der Waals surface area (Å²) in [6.07, 6.45) is 1.03. The van der Waals surface area contributed by atoms with E-state index in [0.717, 1.165) is 32.7 Å². The number of aliphatic carboxylic acids is 1. The highest BCUT2D eigenvalue weighted by atomic mass is 32.2. The van der Waals surface area contributed by atoms with E-state index in [1.807, 2.05) is 31.2 Å². The first kappa shape index (κ1) is 26.4. The molecule has 0 spiro atoms. The number of imide groups is 1. The molecule has 0 radical (unpaired) electrons. The van der Waals surface area contributed by atoms with Gasteiger partial charge in [0.25, 0.3) is 11.8 Å². The Morgan fingerprint density at radius 2 is 1.89 bits per heavy atom. The molecular weight excluding hydrogens is 516 g/mol. The molecule has 1 unspecified atom stereocenters. The number of aryl methyl sites for hydroxylation is 1. The lowest BCUT2D eigenvalue weighted by atomic mass is 10.1. The highest BCUT2D eigenvalue weighted by Gasteiger charge is 2.48. The van der Waals surface area contributed by atoms with Crippen LogP contribution in [-0.2, 0) is 25.8 Å². The molecule has 3 amide bonds. The van der Waals surface area contributed by atoms with Crippen LogP contribution in [0.25, 0.3) is 6.08 Å². The van der Waals surface area contributed by atoms with E-state index in [9.17, 15) is 19.2 Å². The van der Waals surface area contributed by atoms with Crippen LogP contribution >= 0.6 is 24.0 Å². The third kappa shape index (κ3) is 5.83. The zero-order chi connectivity index (χ0) is 26.7. The van der Waals surface area contributed by atoms with Crippen molar-refractivity contribution in [3.05, 3.63) is 64.1 Å². The van der Waals surface area contributed by atoms with E-state index in [1.54, 1.807) is 24.3 Å². The first-order valence-electron chi connectivity index (χ1n) is 11.4. The predicted octanol–water partition coefficient (Wildman–Crippen LogP) is 3.39. The Morgan fingerprint density at radius 1 is 1.16 bits per heavy atom. The first-order chi connectivity index (χ1) is 17.7. The molecule has 37 heavy (non-hydrogen) atoms. The fraction of sp³-hybridized carbons (Fsp3) is 0.269. The van der Waals surface area contributed by atoms with Gasteiger partial charge in [-0.05, 0) is 36.3 Å². The molecule has 2 saturated heterocycles. The molecule has 2 aliphatic rings. The predicted molar refractivity (Wildman–Crippen MR) is 141 cm³/mol. The number of carbonyl (C=O) groups is 4. The number of carboxylic acids is 1. The van der Waals surface area contributed by atoms with Gasteiger partial charge in [-0.3, -0.25) is 29.0 Å². The second-order valence-electron chi connectivity index (χ2n) is 8.48. The number of ether oxygens (including phenoxy) is 2. The third-order valence-electron chi connectivity index (χ3n) is 5.90. The summed E-state index contributed by atoms with van der Waals surface area (Å²) < 4.78 is 11.5. The molecule has 11 heteroatoms. The number of thioether (sulfide) groups is 1. The summed E-state index contributed by atoms with van der Waals surface area (Å²) in [7, 11) is 1.52. The number of benzene rings is 2. The molecule has 4 rings (SSSR count). The van der Waals surface area contributed by atoms with Crippen molar-refractivity contribution >= 4 is 58.1 Å². The minimum Gasteiger partial charge on any atom is -0.493 e. The van der Waals surface area contributed by atoms with Gasteiger partial charge in [-0.15, -0.1) is 0 Å². The number of likely N-dealkylation sites (tertiary alicyclic amines) is 1. The van der Waals surface area contributed by atoms with E-state index in [-0.39, 0.29) is 23.7 Å². The van der Waals surface area contributed by atoms with Crippen molar-refractivity contribution in [2.24, 2.45) is 0 Å². The van der Waals surface area contributed by atoms with E-state index in [1.165, 1.54) is 7.11 Å². The lowest BCUT2D eigenvalue weighted by molar-refractivity contribution is -0.142. The SMILES string of the molecule is COc1cc(/C=C2\SC(=S)N(C3CC(=O)N(CCC(=O)O)C3=O)C2=O)ccc1OCc1ccc(C)cc1. The molecule has 2 aliphatic heterocycles. The standard InChI is InChI=1S/C26H24N2O7S2/c1-15-3-5-16(6-4-15)14-35-19-8-7-17(11-20(19)34-2)12-21-25(33)28(26(36)37-21)18-13-22(29)27(24(18)32)10-9-23(30)31/h3-8,11-12,18H,9-10,13-14H2,1-2H3,(H,30,31)/b21-12-. The molecule has 2 aromatic carbocycles. The van der Waals surface area contributed by atoms with Crippen molar-refractivity contribution in [2.45, 2.75) is 32.4 Å². The van der Waals surface area contributed by atoms with Crippen LogP contribution in [0.3, 0.4) is 0 Å². The summed E-state index contributed by atoms with van der Waals surface area (Å²) >= 11 is 6.38. The quantitative estimate of drug-likeness (QED) is 0.290. The summed E-state index contributed by atoms with van der Waals surface area (Å²) in [5, 5.41) is 8.87. The van der Waals surface area contributed by atoms with Gasteiger partial charge in [0, 0.05) is 6.54 Å². The molecule has 9 nitrogen and oxygen atoms in total. The molecule has 1 atom stereocenters.